The van der Waals surface area contributed by atoms with Crippen molar-refractivity contribution in [1.29, 1.82) is 0 Å². The van der Waals surface area contributed by atoms with Crippen LogP contribution >= 0.6 is 22.7 Å². The first-order valence-electron chi connectivity index (χ1n) is 11.8. The van der Waals surface area contributed by atoms with Crippen molar-refractivity contribution >= 4 is 65.2 Å². The number of hydrogen-bond donors (Lipinski definition) is 2. The Hall–Kier alpha value is -3.80. The van der Waals surface area contributed by atoms with Crippen molar-refractivity contribution in [1.82, 2.24) is 9.97 Å². The van der Waals surface area contributed by atoms with Gasteiger partial charge in [-0.1, -0.05) is 22.7 Å². The number of benzene rings is 2. The SMILES string of the molecule is CCOc1ccc2nc(NC(=O)C(F)(F)C(F)(F)C(F)(F)C(F)(F)C(=O)Nc3nc4ccc(OCC)cc4s3)sc2c1. The second-order valence-electron chi connectivity index (χ2n) is 8.37. The van der Waals surface area contributed by atoms with E-state index in [0.717, 1.165) is 0 Å². The maximum absolute atomic E-state index is 14.5. The Kier molecular flexibility index (Phi) is 8.25. The molecule has 2 heterocycles. The van der Waals surface area contributed by atoms with Crippen molar-refractivity contribution in [3.8, 4) is 11.5 Å². The molecular formula is C24H18F8N4O4S2. The molecule has 0 radical (unpaired) electrons. The minimum Gasteiger partial charge on any atom is -0.494 e. The molecule has 0 bridgehead atoms. The van der Waals surface area contributed by atoms with Crippen molar-refractivity contribution in [2.75, 3.05) is 23.8 Å². The van der Waals surface area contributed by atoms with Crippen LogP contribution in [0.3, 0.4) is 0 Å². The smallest absolute Gasteiger partial charge is 0.393 e. The zero-order valence-electron chi connectivity index (χ0n) is 21.2. The molecule has 2 aromatic heterocycles. The number of hydrogen-bond acceptors (Lipinski definition) is 8. The van der Waals surface area contributed by atoms with E-state index >= 15 is 0 Å². The molecule has 8 nitrogen and oxygen atoms in total. The molecule has 18 heteroatoms. The lowest BCUT2D eigenvalue weighted by molar-refractivity contribution is -0.345. The van der Waals surface area contributed by atoms with Crippen LogP contribution in [0.4, 0.5) is 45.4 Å². The van der Waals surface area contributed by atoms with Crippen LogP contribution in [0.5, 0.6) is 11.5 Å². The molecule has 0 saturated heterocycles. The van der Waals surface area contributed by atoms with E-state index in [1.807, 2.05) is 0 Å². The largest absolute Gasteiger partial charge is 0.494 e. The number of ether oxygens (including phenoxy) is 2. The lowest BCUT2D eigenvalue weighted by Crippen LogP contribution is -2.67. The van der Waals surface area contributed by atoms with Gasteiger partial charge in [-0.2, -0.15) is 35.1 Å². The molecule has 2 aromatic carbocycles. The Balaban J connectivity index is 1.54. The summed E-state index contributed by atoms with van der Waals surface area (Å²) in [5.41, 5.74) is 0.206. The third-order valence-electron chi connectivity index (χ3n) is 5.54. The van der Waals surface area contributed by atoms with Gasteiger partial charge in [0, 0.05) is 0 Å². The molecule has 0 fully saturated rings. The first kappa shape index (κ1) is 31.1. The molecule has 2 amide bonds. The van der Waals surface area contributed by atoms with E-state index in [0.29, 0.717) is 34.2 Å². The number of anilines is 2. The van der Waals surface area contributed by atoms with Crippen LogP contribution in [-0.2, 0) is 9.59 Å². The monoisotopic (exact) mass is 642 g/mol. The van der Waals surface area contributed by atoms with Crippen molar-refractivity contribution < 1.29 is 54.2 Å². The maximum atomic E-state index is 14.5. The van der Waals surface area contributed by atoms with Crippen LogP contribution in [0.15, 0.2) is 36.4 Å². The van der Waals surface area contributed by atoms with E-state index in [1.54, 1.807) is 13.8 Å². The number of carbonyl (C=O) groups excluding carboxylic acids is 2. The van der Waals surface area contributed by atoms with Gasteiger partial charge in [-0.25, -0.2) is 9.97 Å². The summed E-state index contributed by atoms with van der Waals surface area (Å²) in [6, 6.07) is 8.32. The zero-order chi connectivity index (χ0) is 31.1. The summed E-state index contributed by atoms with van der Waals surface area (Å²) in [6.07, 6.45) is 0. The highest BCUT2D eigenvalue weighted by atomic mass is 32.1. The Morgan fingerprint density at radius 1 is 0.690 bits per heavy atom. The van der Waals surface area contributed by atoms with Crippen LogP contribution in [-0.4, -0.2) is 58.7 Å². The highest BCUT2D eigenvalue weighted by Crippen LogP contribution is 2.53. The summed E-state index contributed by atoms with van der Waals surface area (Å²) < 4.78 is 127. The Bertz CT molecular complexity index is 1520. The van der Waals surface area contributed by atoms with Crippen LogP contribution in [0, 0.1) is 0 Å². The van der Waals surface area contributed by atoms with Crippen LogP contribution in [0.25, 0.3) is 20.4 Å². The fourth-order valence-corrected chi connectivity index (χ4v) is 5.24. The van der Waals surface area contributed by atoms with Crippen molar-refractivity contribution in [2.24, 2.45) is 0 Å². The van der Waals surface area contributed by atoms with Gasteiger partial charge < -0.3 is 9.47 Å². The molecule has 0 aliphatic rings. The van der Waals surface area contributed by atoms with E-state index in [4.69, 9.17) is 9.47 Å². The van der Waals surface area contributed by atoms with Gasteiger partial charge in [-0.05, 0) is 50.2 Å². The minimum absolute atomic E-state index is 0.103. The summed E-state index contributed by atoms with van der Waals surface area (Å²) in [5.74, 6) is -32.4. The van der Waals surface area contributed by atoms with Gasteiger partial charge in [0.1, 0.15) is 11.5 Å². The van der Waals surface area contributed by atoms with Gasteiger partial charge in [0.05, 0.1) is 33.6 Å². The predicted molar refractivity (Wildman–Crippen MR) is 139 cm³/mol. The highest BCUT2D eigenvalue weighted by Gasteiger charge is 2.84. The minimum atomic E-state index is -7.05. The van der Waals surface area contributed by atoms with Gasteiger partial charge in [-0.15, -0.1) is 0 Å². The number of nitrogens with one attached hydrogen (secondary N) is 2. The molecular weight excluding hydrogens is 624 g/mol. The van der Waals surface area contributed by atoms with Gasteiger partial charge >= 0.3 is 35.5 Å². The van der Waals surface area contributed by atoms with Gasteiger partial charge in [0.15, 0.2) is 10.3 Å². The molecule has 0 aliphatic carbocycles. The second-order valence-corrected chi connectivity index (χ2v) is 10.4. The molecule has 0 atom stereocenters. The Labute approximate surface area is 238 Å². The first-order valence-corrected chi connectivity index (χ1v) is 13.4. The van der Waals surface area contributed by atoms with Crippen LogP contribution in [0.2, 0.25) is 0 Å². The molecule has 0 saturated carbocycles. The average Bonchev–Trinajstić information content (AvgIpc) is 3.50. The van der Waals surface area contributed by atoms with Crippen molar-refractivity contribution in [3.63, 3.8) is 0 Å². The molecule has 0 unspecified atom stereocenters. The molecule has 4 aromatic rings. The first-order chi connectivity index (χ1) is 19.5. The van der Waals surface area contributed by atoms with Gasteiger partial charge in [0.25, 0.3) is 0 Å². The van der Waals surface area contributed by atoms with E-state index in [2.05, 4.69) is 9.97 Å². The number of amides is 2. The van der Waals surface area contributed by atoms with Crippen molar-refractivity contribution in [3.05, 3.63) is 36.4 Å². The number of nitrogens with zero attached hydrogens (tertiary/aromatic N) is 2. The molecule has 42 heavy (non-hydrogen) atoms. The number of rotatable bonds is 11. The number of thiazole rings is 2. The highest BCUT2D eigenvalue weighted by molar-refractivity contribution is 7.22. The summed E-state index contributed by atoms with van der Waals surface area (Å²) in [5, 5.41) is 1.08. The standard InChI is InChI=1S/C24H18F8N4O4S2/c1-3-39-11-5-7-13-15(9-11)41-19(33-13)35-17(37)21(25,26)23(29,30)24(31,32)22(27,28)18(38)36-20-34-14-8-6-12(40-4-2)10-16(14)42-20/h5-10H,3-4H2,1-2H3,(H,33,35,37)(H,34,36,38). The Morgan fingerprint density at radius 3 is 1.38 bits per heavy atom. The maximum Gasteiger partial charge on any atom is 0.393 e. The normalized spacial score (nSPS) is 12.9. The van der Waals surface area contributed by atoms with Gasteiger partial charge in [0.2, 0.25) is 0 Å². The number of aromatic nitrogens is 2. The number of alkyl halides is 8. The number of halogens is 8. The summed E-state index contributed by atoms with van der Waals surface area (Å²) >= 11 is 1.00. The van der Waals surface area contributed by atoms with E-state index in [-0.39, 0.29) is 33.6 Å². The number of carbonyl (C=O) groups is 2. The Morgan fingerprint density at radius 2 is 1.05 bits per heavy atom. The van der Waals surface area contributed by atoms with E-state index in [1.165, 1.54) is 47.0 Å². The summed E-state index contributed by atoms with van der Waals surface area (Å²) in [7, 11) is 0. The third kappa shape index (κ3) is 5.39. The lowest BCUT2D eigenvalue weighted by atomic mass is 9.97. The van der Waals surface area contributed by atoms with Gasteiger partial charge in [-0.3, -0.25) is 20.2 Å². The fraction of sp³-hybridized carbons (Fsp3) is 0.333. The second kappa shape index (κ2) is 11.1. The lowest BCUT2D eigenvalue weighted by Gasteiger charge is -2.35. The number of fused-ring (bicyclic) bond motifs is 2. The molecule has 226 valence electrons. The summed E-state index contributed by atoms with van der Waals surface area (Å²) in [4.78, 5) is 31.5. The molecule has 4 rings (SSSR count). The van der Waals surface area contributed by atoms with Crippen LogP contribution < -0.4 is 20.1 Å². The van der Waals surface area contributed by atoms with Crippen LogP contribution in [0.1, 0.15) is 13.8 Å². The zero-order valence-corrected chi connectivity index (χ0v) is 22.9. The predicted octanol–water partition coefficient (Wildman–Crippen LogP) is 6.82. The quantitative estimate of drug-likeness (QED) is 0.174. The van der Waals surface area contributed by atoms with E-state index in [9.17, 15) is 44.7 Å². The third-order valence-corrected chi connectivity index (χ3v) is 7.40. The average molecular weight is 643 g/mol. The molecule has 2 N–H and O–H groups in total. The molecule has 0 aliphatic heterocycles. The topological polar surface area (TPSA) is 102 Å². The molecule has 0 spiro atoms. The fourth-order valence-electron chi connectivity index (χ4n) is 3.46. The summed E-state index contributed by atoms with van der Waals surface area (Å²) in [6.45, 7) is 3.88. The van der Waals surface area contributed by atoms with E-state index < -0.39 is 45.8 Å². The van der Waals surface area contributed by atoms with Crippen molar-refractivity contribution in [2.45, 2.75) is 37.5 Å².